The van der Waals surface area contributed by atoms with Crippen LogP contribution in [-0.2, 0) is 24.1 Å². The normalized spacial score (nSPS) is 11.8. The topological polar surface area (TPSA) is 64.3 Å². The molecule has 3 rings (SSSR count). The van der Waals surface area contributed by atoms with E-state index in [1.165, 1.54) is 32.6 Å². The molecule has 0 aliphatic rings. The minimum absolute atomic E-state index is 0.152. The molecule has 3 aromatic rings. The third-order valence-electron chi connectivity index (χ3n) is 4.30. The van der Waals surface area contributed by atoms with Gasteiger partial charge in [0.15, 0.2) is 0 Å². The number of aromatic nitrogens is 2. The van der Waals surface area contributed by atoms with Gasteiger partial charge in [0.25, 0.3) is 10.0 Å². The molecule has 0 fully saturated rings. The number of hydrogen-bond donors (Lipinski definition) is 0. The van der Waals surface area contributed by atoms with Crippen molar-refractivity contribution >= 4 is 26.7 Å². The zero-order valence-electron chi connectivity index (χ0n) is 14.0. The van der Waals surface area contributed by atoms with Crippen LogP contribution >= 0.6 is 0 Å². The molecule has 0 amide bonds. The van der Waals surface area contributed by atoms with Crippen molar-refractivity contribution in [2.75, 3.05) is 11.4 Å². The molecule has 7 heteroatoms. The molecule has 0 unspecified atom stereocenters. The van der Waals surface area contributed by atoms with Gasteiger partial charge in [0.2, 0.25) is 0 Å². The Morgan fingerprint density at radius 3 is 2.12 bits per heavy atom. The average Bonchev–Trinajstić information content (AvgIpc) is 2.79. The predicted molar refractivity (Wildman–Crippen MR) is 94.9 cm³/mol. The maximum absolute atomic E-state index is 12.9. The van der Waals surface area contributed by atoms with Gasteiger partial charge in [-0.1, -0.05) is 17.7 Å². The molecule has 1 heterocycles. The van der Waals surface area contributed by atoms with Gasteiger partial charge in [-0.25, -0.2) is 13.2 Å². The second-order valence-electron chi connectivity index (χ2n) is 5.86. The number of fused-ring (bicyclic) bond motifs is 1. The molecule has 0 N–H and O–H groups in total. The molecule has 126 valence electrons. The fourth-order valence-electron chi connectivity index (χ4n) is 2.70. The molecule has 6 nitrogen and oxygen atoms in total. The summed E-state index contributed by atoms with van der Waals surface area (Å²) < 4.78 is 30.0. The van der Waals surface area contributed by atoms with Crippen molar-refractivity contribution in [2.24, 2.45) is 14.1 Å². The van der Waals surface area contributed by atoms with Crippen molar-refractivity contribution in [3.8, 4) is 0 Å². The van der Waals surface area contributed by atoms with Crippen LogP contribution in [0.2, 0.25) is 0 Å². The van der Waals surface area contributed by atoms with E-state index in [-0.39, 0.29) is 10.6 Å². The number of nitrogens with zero attached hydrogens (tertiary/aromatic N) is 3. The molecule has 0 saturated heterocycles. The molecule has 0 saturated carbocycles. The highest BCUT2D eigenvalue weighted by molar-refractivity contribution is 7.92. The maximum atomic E-state index is 12.9. The summed E-state index contributed by atoms with van der Waals surface area (Å²) in [5.41, 5.74) is 2.74. The smallest absolute Gasteiger partial charge is 0.295 e. The SMILES string of the molecule is Cc1ccc(N(C)S(=O)(=O)c2ccc3c(c2)n(C)c(=O)n3C)cc1. The zero-order chi connectivity index (χ0) is 17.6. The number of hydrogen-bond acceptors (Lipinski definition) is 3. The molecular formula is C17H19N3O3S. The summed E-state index contributed by atoms with van der Waals surface area (Å²) in [6.45, 7) is 1.95. The first-order valence-corrected chi connectivity index (χ1v) is 8.88. The average molecular weight is 345 g/mol. The quantitative estimate of drug-likeness (QED) is 0.729. The number of benzene rings is 2. The van der Waals surface area contributed by atoms with Crippen LogP contribution < -0.4 is 9.99 Å². The summed E-state index contributed by atoms with van der Waals surface area (Å²) in [6.07, 6.45) is 0. The Labute approximate surface area is 140 Å². The Hall–Kier alpha value is -2.54. The van der Waals surface area contributed by atoms with Crippen LogP contribution in [0.25, 0.3) is 11.0 Å². The summed E-state index contributed by atoms with van der Waals surface area (Å²) in [6, 6.07) is 12.0. The first-order valence-electron chi connectivity index (χ1n) is 7.44. The second kappa shape index (κ2) is 5.52. The zero-order valence-corrected chi connectivity index (χ0v) is 14.8. The van der Waals surface area contributed by atoms with E-state index < -0.39 is 10.0 Å². The molecule has 24 heavy (non-hydrogen) atoms. The Balaban J connectivity index is 2.13. The van der Waals surface area contributed by atoms with Gasteiger partial charge in [-0.15, -0.1) is 0 Å². The van der Waals surface area contributed by atoms with Gasteiger partial charge in [-0.3, -0.25) is 13.4 Å². The lowest BCUT2D eigenvalue weighted by atomic mass is 10.2. The lowest BCUT2D eigenvalue weighted by Crippen LogP contribution is -2.26. The van der Waals surface area contributed by atoms with Gasteiger partial charge in [0, 0.05) is 21.1 Å². The van der Waals surface area contributed by atoms with E-state index in [9.17, 15) is 13.2 Å². The van der Waals surface area contributed by atoms with Crippen LogP contribution in [0.3, 0.4) is 0 Å². The first kappa shape index (κ1) is 16.3. The van der Waals surface area contributed by atoms with E-state index in [1.54, 1.807) is 32.3 Å². The monoisotopic (exact) mass is 345 g/mol. The number of anilines is 1. The van der Waals surface area contributed by atoms with Crippen LogP contribution in [-0.4, -0.2) is 24.6 Å². The Morgan fingerprint density at radius 2 is 1.50 bits per heavy atom. The van der Waals surface area contributed by atoms with Crippen molar-refractivity contribution in [2.45, 2.75) is 11.8 Å². The number of imidazole rings is 1. The molecule has 0 bridgehead atoms. The van der Waals surface area contributed by atoms with Gasteiger partial charge in [0.1, 0.15) is 0 Å². The van der Waals surface area contributed by atoms with Gasteiger partial charge in [0.05, 0.1) is 21.6 Å². The van der Waals surface area contributed by atoms with Gasteiger partial charge >= 0.3 is 5.69 Å². The van der Waals surface area contributed by atoms with Gasteiger partial charge in [-0.05, 0) is 37.3 Å². The number of aryl methyl sites for hydroxylation is 3. The predicted octanol–water partition coefficient (Wildman–Crippen LogP) is 2.01. The van der Waals surface area contributed by atoms with E-state index in [2.05, 4.69) is 0 Å². The van der Waals surface area contributed by atoms with Crippen molar-refractivity contribution in [1.29, 1.82) is 0 Å². The summed E-state index contributed by atoms with van der Waals surface area (Å²) in [5.74, 6) is 0. The molecule has 0 atom stereocenters. The lowest BCUT2D eigenvalue weighted by molar-refractivity contribution is 0.594. The molecule has 2 aromatic carbocycles. The highest BCUT2D eigenvalue weighted by atomic mass is 32.2. The van der Waals surface area contributed by atoms with E-state index in [4.69, 9.17) is 0 Å². The van der Waals surface area contributed by atoms with Crippen LogP contribution in [0.5, 0.6) is 0 Å². The third-order valence-corrected chi connectivity index (χ3v) is 6.08. The largest absolute Gasteiger partial charge is 0.328 e. The molecule has 1 aromatic heterocycles. The second-order valence-corrected chi connectivity index (χ2v) is 7.83. The summed E-state index contributed by atoms with van der Waals surface area (Å²) in [4.78, 5) is 12.2. The third kappa shape index (κ3) is 2.41. The molecule has 0 spiro atoms. The van der Waals surface area contributed by atoms with E-state index in [0.717, 1.165) is 5.56 Å². The molecule has 0 radical (unpaired) electrons. The molecule has 0 aliphatic heterocycles. The number of sulfonamides is 1. The minimum Gasteiger partial charge on any atom is -0.295 e. The minimum atomic E-state index is -3.71. The Morgan fingerprint density at radius 1 is 0.917 bits per heavy atom. The van der Waals surface area contributed by atoms with Crippen molar-refractivity contribution < 1.29 is 8.42 Å². The van der Waals surface area contributed by atoms with E-state index in [1.807, 2.05) is 19.1 Å². The Bertz CT molecular complexity index is 1080. The lowest BCUT2D eigenvalue weighted by Gasteiger charge is -2.19. The fraction of sp³-hybridized carbons (Fsp3) is 0.235. The van der Waals surface area contributed by atoms with Crippen molar-refractivity contribution in [3.05, 3.63) is 58.5 Å². The standard InChI is InChI=1S/C17H19N3O3S/c1-12-5-7-13(8-6-12)20(4)24(22,23)14-9-10-15-16(11-14)19(3)17(21)18(15)2/h5-11H,1-4H3. The van der Waals surface area contributed by atoms with Crippen LogP contribution in [0, 0.1) is 6.92 Å². The highest BCUT2D eigenvalue weighted by Gasteiger charge is 2.22. The Kier molecular flexibility index (Phi) is 3.76. The van der Waals surface area contributed by atoms with Crippen LogP contribution in [0.1, 0.15) is 5.56 Å². The number of rotatable bonds is 3. The molecular weight excluding hydrogens is 326 g/mol. The summed E-state index contributed by atoms with van der Waals surface area (Å²) in [7, 11) is 1.11. The fourth-order valence-corrected chi connectivity index (χ4v) is 3.91. The van der Waals surface area contributed by atoms with Crippen molar-refractivity contribution in [3.63, 3.8) is 0 Å². The van der Waals surface area contributed by atoms with Crippen LogP contribution in [0.15, 0.2) is 52.2 Å². The first-order chi connectivity index (χ1) is 11.2. The van der Waals surface area contributed by atoms with Crippen LogP contribution in [0.4, 0.5) is 5.69 Å². The maximum Gasteiger partial charge on any atom is 0.328 e. The highest BCUT2D eigenvalue weighted by Crippen LogP contribution is 2.24. The van der Waals surface area contributed by atoms with E-state index in [0.29, 0.717) is 16.7 Å². The van der Waals surface area contributed by atoms with Gasteiger partial charge in [-0.2, -0.15) is 0 Å². The van der Waals surface area contributed by atoms with Crippen molar-refractivity contribution in [1.82, 2.24) is 9.13 Å². The summed E-state index contributed by atoms with van der Waals surface area (Å²) in [5, 5.41) is 0. The molecule has 0 aliphatic carbocycles. The van der Waals surface area contributed by atoms with E-state index >= 15 is 0 Å². The van der Waals surface area contributed by atoms with Gasteiger partial charge < -0.3 is 0 Å². The summed E-state index contributed by atoms with van der Waals surface area (Å²) >= 11 is 0.